The van der Waals surface area contributed by atoms with Crippen molar-refractivity contribution in [3.8, 4) is 0 Å². The Hall–Kier alpha value is -2.08. The SMILES string of the molecule is NC(=O)N1CCCCC1c1cccc2[nH]c(C3CCCNC3)nc12. The number of H-pyrrole nitrogens is 1. The molecular weight excluding hydrogens is 302 g/mol. The van der Waals surface area contributed by atoms with Crippen LogP contribution in [0.4, 0.5) is 4.79 Å². The molecule has 0 bridgehead atoms. The van der Waals surface area contributed by atoms with E-state index < -0.39 is 0 Å². The number of likely N-dealkylation sites (tertiary alicyclic amines) is 1. The number of benzene rings is 1. The van der Waals surface area contributed by atoms with Gasteiger partial charge in [-0.1, -0.05) is 12.1 Å². The van der Waals surface area contributed by atoms with Crippen molar-refractivity contribution in [3.05, 3.63) is 29.6 Å². The number of urea groups is 1. The van der Waals surface area contributed by atoms with E-state index in [0.29, 0.717) is 5.92 Å². The maximum Gasteiger partial charge on any atom is 0.315 e. The number of hydrogen-bond acceptors (Lipinski definition) is 3. The topological polar surface area (TPSA) is 87.0 Å². The molecule has 6 heteroatoms. The van der Waals surface area contributed by atoms with Crippen LogP contribution >= 0.6 is 0 Å². The van der Waals surface area contributed by atoms with E-state index in [0.717, 1.165) is 61.3 Å². The second-order valence-corrected chi connectivity index (χ2v) is 6.95. The summed E-state index contributed by atoms with van der Waals surface area (Å²) in [6, 6.07) is 5.93. The molecule has 2 unspecified atom stereocenters. The number of primary amides is 1. The smallest absolute Gasteiger partial charge is 0.315 e. The number of nitrogens with one attached hydrogen (secondary N) is 2. The van der Waals surface area contributed by atoms with Crippen molar-refractivity contribution >= 4 is 17.1 Å². The van der Waals surface area contributed by atoms with Gasteiger partial charge in [0.05, 0.1) is 17.1 Å². The van der Waals surface area contributed by atoms with E-state index in [1.165, 1.54) is 12.8 Å². The first-order chi connectivity index (χ1) is 11.7. The molecule has 0 radical (unpaired) electrons. The predicted molar refractivity (Wildman–Crippen MR) is 93.8 cm³/mol. The standard InChI is InChI=1S/C18H25N5O/c19-18(24)23-10-2-1-8-15(23)13-6-3-7-14-16(13)22-17(21-14)12-5-4-9-20-11-12/h3,6-7,12,15,20H,1-2,4-5,8-11H2,(H2,19,24)(H,21,22). The summed E-state index contributed by atoms with van der Waals surface area (Å²) in [7, 11) is 0. The van der Waals surface area contributed by atoms with E-state index in [1.807, 2.05) is 6.07 Å². The fourth-order valence-electron chi connectivity index (χ4n) is 4.14. The number of aromatic amines is 1. The van der Waals surface area contributed by atoms with Gasteiger partial charge in [-0.3, -0.25) is 0 Å². The molecule has 2 aliphatic heterocycles. The summed E-state index contributed by atoms with van der Waals surface area (Å²) in [5, 5.41) is 3.45. The summed E-state index contributed by atoms with van der Waals surface area (Å²) >= 11 is 0. The second kappa shape index (κ2) is 6.43. The van der Waals surface area contributed by atoms with Gasteiger partial charge in [0.1, 0.15) is 5.82 Å². The van der Waals surface area contributed by atoms with Gasteiger partial charge in [-0.05, 0) is 44.7 Å². The number of rotatable bonds is 2. The van der Waals surface area contributed by atoms with E-state index in [1.54, 1.807) is 4.90 Å². The number of nitrogens with two attached hydrogens (primary N) is 1. The maximum atomic E-state index is 11.8. The lowest BCUT2D eigenvalue weighted by Gasteiger charge is -2.34. The molecule has 24 heavy (non-hydrogen) atoms. The summed E-state index contributed by atoms with van der Waals surface area (Å²) in [5.41, 5.74) is 8.79. The maximum absolute atomic E-state index is 11.8. The van der Waals surface area contributed by atoms with Crippen LogP contribution in [0.25, 0.3) is 11.0 Å². The van der Waals surface area contributed by atoms with Gasteiger partial charge in [0.2, 0.25) is 0 Å². The van der Waals surface area contributed by atoms with E-state index in [-0.39, 0.29) is 12.1 Å². The molecule has 2 aromatic rings. The predicted octanol–water partition coefficient (Wildman–Crippen LogP) is 2.64. The first-order valence-corrected chi connectivity index (χ1v) is 8.99. The molecule has 4 N–H and O–H groups in total. The first-order valence-electron chi connectivity index (χ1n) is 8.99. The van der Waals surface area contributed by atoms with E-state index in [9.17, 15) is 4.79 Å². The third kappa shape index (κ3) is 2.75. The van der Waals surface area contributed by atoms with Crippen LogP contribution in [-0.2, 0) is 0 Å². The average Bonchev–Trinajstić information content (AvgIpc) is 3.06. The van der Waals surface area contributed by atoms with Gasteiger partial charge >= 0.3 is 6.03 Å². The minimum Gasteiger partial charge on any atom is -0.351 e. The molecule has 2 amide bonds. The third-order valence-corrected chi connectivity index (χ3v) is 5.39. The molecule has 2 atom stereocenters. The number of amides is 2. The highest BCUT2D eigenvalue weighted by Gasteiger charge is 2.29. The van der Waals surface area contributed by atoms with Crippen molar-refractivity contribution < 1.29 is 4.79 Å². The van der Waals surface area contributed by atoms with Crippen LogP contribution in [0.15, 0.2) is 18.2 Å². The van der Waals surface area contributed by atoms with Crippen LogP contribution < -0.4 is 11.1 Å². The van der Waals surface area contributed by atoms with Gasteiger partial charge < -0.3 is 20.9 Å². The Bertz CT molecular complexity index is 734. The average molecular weight is 327 g/mol. The quantitative estimate of drug-likeness (QED) is 0.792. The highest BCUT2D eigenvalue weighted by Crippen LogP contribution is 2.35. The second-order valence-electron chi connectivity index (χ2n) is 6.95. The molecule has 0 spiro atoms. The zero-order valence-corrected chi connectivity index (χ0v) is 13.9. The Kier molecular flexibility index (Phi) is 4.14. The largest absolute Gasteiger partial charge is 0.351 e. The number of imidazole rings is 1. The van der Waals surface area contributed by atoms with Crippen LogP contribution in [-0.4, -0.2) is 40.5 Å². The van der Waals surface area contributed by atoms with E-state index >= 15 is 0 Å². The Balaban J connectivity index is 1.72. The van der Waals surface area contributed by atoms with Crippen LogP contribution in [0.2, 0.25) is 0 Å². The zero-order chi connectivity index (χ0) is 16.5. The lowest BCUT2D eigenvalue weighted by molar-refractivity contribution is 0.160. The highest BCUT2D eigenvalue weighted by molar-refractivity contribution is 5.81. The molecule has 0 aliphatic carbocycles. The number of carbonyl (C=O) groups excluding carboxylic acids is 1. The van der Waals surface area contributed by atoms with Crippen LogP contribution in [0.1, 0.15) is 55.5 Å². The minimum absolute atomic E-state index is 0.0422. The van der Waals surface area contributed by atoms with Crippen molar-refractivity contribution in [3.63, 3.8) is 0 Å². The molecule has 0 saturated carbocycles. The zero-order valence-electron chi connectivity index (χ0n) is 13.9. The fraction of sp³-hybridized carbons (Fsp3) is 0.556. The van der Waals surface area contributed by atoms with Crippen LogP contribution in [0, 0.1) is 0 Å². The summed E-state index contributed by atoms with van der Waals surface area (Å²) in [6.45, 7) is 2.81. The van der Waals surface area contributed by atoms with Gasteiger partial charge in [-0.25, -0.2) is 9.78 Å². The Morgan fingerprint density at radius 2 is 2.17 bits per heavy atom. The van der Waals surface area contributed by atoms with Crippen LogP contribution in [0.3, 0.4) is 0 Å². The van der Waals surface area contributed by atoms with Crippen LogP contribution in [0.5, 0.6) is 0 Å². The number of nitrogens with zero attached hydrogens (tertiary/aromatic N) is 2. The molecule has 2 aliphatic rings. The minimum atomic E-state index is -0.330. The number of hydrogen-bond donors (Lipinski definition) is 3. The fourth-order valence-corrected chi connectivity index (χ4v) is 4.14. The van der Waals surface area contributed by atoms with E-state index in [4.69, 9.17) is 10.7 Å². The van der Waals surface area contributed by atoms with Gasteiger partial charge in [-0.15, -0.1) is 0 Å². The first kappa shape index (κ1) is 15.4. The summed E-state index contributed by atoms with van der Waals surface area (Å²) in [4.78, 5) is 22.1. The lowest BCUT2D eigenvalue weighted by atomic mass is 9.94. The summed E-state index contributed by atoms with van der Waals surface area (Å²) in [6.07, 6.45) is 5.45. The van der Waals surface area contributed by atoms with Crippen molar-refractivity contribution in [1.82, 2.24) is 20.2 Å². The van der Waals surface area contributed by atoms with Crippen molar-refractivity contribution in [1.29, 1.82) is 0 Å². The number of carbonyl (C=O) groups is 1. The Morgan fingerprint density at radius 3 is 2.96 bits per heavy atom. The number of piperidine rings is 2. The van der Waals surface area contributed by atoms with Gasteiger partial charge in [-0.2, -0.15) is 0 Å². The third-order valence-electron chi connectivity index (χ3n) is 5.39. The molecule has 2 fully saturated rings. The monoisotopic (exact) mass is 327 g/mol. The highest BCUT2D eigenvalue weighted by atomic mass is 16.2. The normalized spacial score (nSPS) is 25.1. The lowest BCUT2D eigenvalue weighted by Crippen LogP contribution is -2.41. The molecule has 4 rings (SSSR count). The van der Waals surface area contributed by atoms with E-state index in [2.05, 4.69) is 22.4 Å². The number of fused-ring (bicyclic) bond motifs is 1. The molecular formula is C18H25N5O. The Labute approximate surface area is 141 Å². The van der Waals surface area contributed by atoms with Crippen molar-refractivity contribution in [2.45, 2.75) is 44.1 Å². The van der Waals surface area contributed by atoms with Crippen molar-refractivity contribution in [2.75, 3.05) is 19.6 Å². The van der Waals surface area contributed by atoms with Gasteiger partial charge in [0.25, 0.3) is 0 Å². The molecule has 1 aromatic carbocycles. The molecule has 6 nitrogen and oxygen atoms in total. The van der Waals surface area contributed by atoms with Crippen molar-refractivity contribution in [2.24, 2.45) is 5.73 Å². The Morgan fingerprint density at radius 1 is 1.25 bits per heavy atom. The molecule has 1 aromatic heterocycles. The number of para-hydroxylation sites is 1. The molecule has 2 saturated heterocycles. The van der Waals surface area contributed by atoms with Gasteiger partial charge in [0, 0.05) is 24.6 Å². The number of aromatic nitrogens is 2. The summed E-state index contributed by atoms with van der Waals surface area (Å²) in [5.74, 6) is 1.50. The molecule has 3 heterocycles. The molecule has 128 valence electrons. The summed E-state index contributed by atoms with van der Waals surface area (Å²) < 4.78 is 0. The van der Waals surface area contributed by atoms with Gasteiger partial charge in [0.15, 0.2) is 0 Å².